The summed E-state index contributed by atoms with van der Waals surface area (Å²) in [6, 6.07) is 4.70. The zero-order valence-corrected chi connectivity index (χ0v) is 9.14. The first kappa shape index (κ1) is 11.8. The van der Waals surface area contributed by atoms with E-state index in [1.54, 1.807) is 11.3 Å². The van der Waals surface area contributed by atoms with E-state index >= 15 is 0 Å². The van der Waals surface area contributed by atoms with Crippen molar-refractivity contribution in [3.05, 3.63) is 28.2 Å². The van der Waals surface area contributed by atoms with E-state index in [9.17, 15) is 4.57 Å². The number of anilines is 1. The van der Waals surface area contributed by atoms with Gasteiger partial charge in [-0.1, -0.05) is 29.3 Å². The maximum absolute atomic E-state index is 10.5. The fourth-order valence-corrected chi connectivity index (χ4v) is 1.50. The highest BCUT2D eigenvalue weighted by Gasteiger charge is 2.13. The second-order valence-corrected chi connectivity index (χ2v) is 4.50. The van der Waals surface area contributed by atoms with Gasteiger partial charge in [-0.25, -0.2) is 4.57 Å². The fourth-order valence-electron chi connectivity index (χ4n) is 0.746. The molecular formula is C6H7Cl2N2O3P. The lowest BCUT2D eigenvalue weighted by Gasteiger charge is -2.11. The van der Waals surface area contributed by atoms with Crippen molar-refractivity contribution in [2.75, 3.05) is 5.43 Å². The summed E-state index contributed by atoms with van der Waals surface area (Å²) >= 11 is 11.4. The van der Waals surface area contributed by atoms with E-state index in [1.165, 1.54) is 12.1 Å². The van der Waals surface area contributed by atoms with Crippen LogP contribution in [0, 0.1) is 0 Å². The Hall–Kier alpha value is -0.290. The lowest BCUT2D eigenvalue weighted by molar-refractivity contribution is 0.362. The molecule has 14 heavy (non-hydrogen) atoms. The monoisotopic (exact) mass is 256 g/mol. The second kappa shape index (κ2) is 4.49. The Kier molecular flexibility index (Phi) is 3.78. The Morgan fingerprint density at radius 2 is 1.71 bits per heavy atom. The van der Waals surface area contributed by atoms with Gasteiger partial charge in [0.1, 0.15) is 0 Å². The highest BCUT2D eigenvalue weighted by atomic mass is 35.5. The first-order valence-electron chi connectivity index (χ1n) is 3.43. The molecule has 0 fully saturated rings. The molecule has 5 nitrogen and oxygen atoms in total. The number of benzene rings is 1. The van der Waals surface area contributed by atoms with Gasteiger partial charge in [-0.05, 0) is 12.1 Å². The average molecular weight is 257 g/mol. The van der Waals surface area contributed by atoms with Gasteiger partial charge >= 0.3 is 7.75 Å². The first-order chi connectivity index (χ1) is 6.40. The predicted octanol–water partition coefficient (Wildman–Crippen LogP) is 2.00. The Bertz CT molecular complexity index is 361. The maximum atomic E-state index is 10.5. The van der Waals surface area contributed by atoms with Crippen molar-refractivity contribution < 1.29 is 14.4 Å². The highest BCUT2D eigenvalue weighted by molar-refractivity contribution is 7.49. The molecule has 0 aliphatic carbocycles. The molecule has 0 saturated heterocycles. The van der Waals surface area contributed by atoms with Gasteiger partial charge in [0, 0.05) is 0 Å². The summed E-state index contributed by atoms with van der Waals surface area (Å²) in [4.78, 5) is 17.0. The Morgan fingerprint density at radius 1 is 1.21 bits per heavy atom. The maximum Gasteiger partial charge on any atom is 0.417 e. The summed E-state index contributed by atoms with van der Waals surface area (Å²) in [7, 11) is -4.35. The van der Waals surface area contributed by atoms with Gasteiger partial charge in [0.05, 0.1) is 15.7 Å². The molecule has 0 aliphatic rings. The van der Waals surface area contributed by atoms with Crippen molar-refractivity contribution in [2.45, 2.75) is 0 Å². The van der Waals surface area contributed by atoms with Crippen LogP contribution in [-0.2, 0) is 4.57 Å². The quantitative estimate of drug-likeness (QED) is 0.491. The summed E-state index contributed by atoms with van der Waals surface area (Å²) in [5, 5.41) is 2.29. The third-order valence-corrected chi connectivity index (χ3v) is 2.32. The highest BCUT2D eigenvalue weighted by Crippen LogP contribution is 2.33. The van der Waals surface area contributed by atoms with Crippen LogP contribution in [0.2, 0.25) is 10.0 Å². The van der Waals surface area contributed by atoms with Crippen LogP contribution in [0.4, 0.5) is 5.69 Å². The molecule has 4 N–H and O–H groups in total. The van der Waals surface area contributed by atoms with Crippen molar-refractivity contribution in [2.24, 2.45) is 0 Å². The van der Waals surface area contributed by atoms with Crippen molar-refractivity contribution in [1.29, 1.82) is 0 Å². The molecule has 0 aliphatic heterocycles. The second-order valence-electron chi connectivity index (χ2n) is 2.38. The molecule has 0 radical (unpaired) electrons. The van der Waals surface area contributed by atoms with E-state index in [2.05, 4.69) is 5.43 Å². The summed E-state index contributed by atoms with van der Waals surface area (Å²) in [5.74, 6) is 0. The molecule has 1 aromatic carbocycles. The van der Waals surface area contributed by atoms with E-state index in [4.69, 9.17) is 33.0 Å². The van der Waals surface area contributed by atoms with Crippen LogP contribution < -0.4 is 10.6 Å². The average Bonchev–Trinajstić information content (AvgIpc) is 2.01. The molecule has 0 bridgehead atoms. The molecular weight excluding hydrogens is 250 g/mol. The van der Waals surface area contributed by atoms with Crippen LogP contribution in [0.3, 0.4) is 0 Å². The van der Waals surface area contributed by atoms with Crippen molar-refractivity contribution >= 4 is 36.6 Å². The molecule has 0 aromatic heterocycles. The topological polar surface area (TPSA) is 81.6 Å². The molecule has 1 aromatic rings. The third kappa shape index (κ3) is 3.46. The molecule has 78 valence electrons. The summed E-state index contributed by atoms with van der Waals surface area (Å²) in [5.41, 5.74) is 2.47. The van der Waals surface area contributed by atoms with Crippen LogP contribution >= 0.6 is 30.9 Å². The van der Waals surface area contributed by atoms with Gasteiger partial charge in [0.2, 0.25) is 0 Å². The van der Waals surface area contributed by atoms with Gasteiger partial charge in [-0.15, -0.1) is 5.20 Å². The minimum absolute atomic E-state index is 0.221. The molecule has 0 atom stereocenters. The third-order valence-electron chi connectivity index (χ3n) is 1.29. The number of rotatable bonds is 3. The molecule has 1 rings (SSSR count). The lowest BCUT2D eigenvalue weighted by atomic mass is 10.3. The summed E-state index contributed by atoms with van der Waals surface area (Å²) in [6.45, 7) is 0. The van der Waals surface area contributed by atoms with Gasteiger partial charge in [-0.2, -0.15) is 0 Å². The van der Waals surface area contributed by atoms with E-state index in [-0.39, 0.29) is 15.7 Å². The minimum atomic E-state index is -4.35. The summed E-state index contributed by atoms with van der Waals surface area (Å²) < 4.78 is 10.5. The zero-order chi connectivity index (χ0) is 10.8. The van der Waals surface area contributed by atoms with E-state index in [0.717, 1.165) is 0 Å². The van der Waals surface area contributed by atoms with Crippen molar-refractivity contribution in [1.82, 2.24) is 5.20 Å². The largest absolute Gasteiger partial charge is 0.417 e. The Labute approximate surface area is 90.2 Å². The van der Waals surface area contributed by atoms with Crippen LogP contribution in [0.25, 0.3) is 0 Å². The molecule has 0 unspecified atom stereocenters. The molecule has 0 heterocycles. The van der Waals surface area contributed by atoms with Crippen LogP contribution in [0.5, 0.6) is 0 Å². The number of hydrazine groups is 1. The van der Waals surface area contributed by atoms with Gasteiger partial charge in [-0.3, -0.25) is 0 Å². The number of halogens is 2. The molecule has 0 amide bonds. The zero-order valence-electron chi connectivity index (χ0n) is 6.74. The number of hydrogen-bond donors (Lipinski definition) is 4. The van der Waals surface area contributed by atoms with Crippen LogP contribution in [-0.4, -0.2) is 9.79 Å². The summed E-state index contributed by atoms with van der Waals surface area (Å²) in [6.07, 6.45) is 0. The lowest BCUT2D eigenvalue weighted by Crippen LogP contribution is -2.18. The Balaban J connectivity index is 2.82. The van der Waals surface area contributed by atoms with E-state index < -0.39 is 7.75 Å². The van der Waals surface area contributed by atoms with Crippen molar-refractivity contribution in [3.8, 4) is 0 Å². The van der Waals surface area contributed by atoms with Crippen LogP contribution in [0.1, 0.15) is 0 Å². The van der Waals surface area contributed by atoms with Gasteiger partial charge in [0.15, 0.2) is 0 Å². The SMILES string of the molecule is O=P(O)(O)NNc1c(Cl)cccc1Cl. The molecule has 0 spiro atoms. The Morgan fingerprint density at radius 3 is 2.14 bits per heavy atom. The molecule has 0 saturated carbocycles. The normalized spacial score (nSPS) is 11.4. The van der Waals surface area contributed by atoms with Crippen molar-refractivity contribution in [3.63, 3.8) is 0 Å². The standard InChI is InChI=1S/C6H7Cl2N2O3P/c7-4-2-1-3-5(8)6(4)9-10-14(11,12)13/h1-3,9H,(H3,10,11,12,13). The number of para-hydroxylation sites is 1. The number of nitrogens with one attached hydrogen (secondary N) is 2. The first-order valence-corrected chi connectivity index (χ1v) is 5.80. The van der Waals surface area contributed by atoms with E-state index in [1.807, 2.05) is 0 Å². The smallest absolute Gasteiger partial charge is 0.311 e. The van der Waals surface area contributed by atoms with Gasteiger partial charge in [0.25, 0.3) is 0 Å². The molecule has 8 heteroatoms. The van der Waals surface area contributed by atoms with E-state index in [0.29, 0.717) is 0 Å². The number of hydrogen-bond acceptors (Lipinski definition) is 2. The fraction of sp³-hybridized carbons (Fsp3) is 0. The van der Waals surface area contributed by atoms with Gasteiger partial charge < -0.3 is 15.2 Å². The minimum Gasteiger partial charge on any atom is -0.311 e. The predicted molar refractivity (Wildman–Crippen MR) is 55.3 cm³/mol. The van der Waals surface area contributed by atoms with Crippen LogP contribution in [0.15, 0.2) is 18.2 Å².